The average molecular weight is 407 g/mol. The standard InChI is InChI=1S/C25H30N2O3/c1-29-22-9-7-19(8-10-22)25(28)27-16-20-15-26(21-11-13-30-14-12-21)17-23(20)24(27)18-5-3-2-4-6-18/h2-10,20-21,23-24H,11-17H2,1H3/t20-,23-,24+/m0/s1. The lowest BCUT2D eigenvalue weighted by molar-refractivity contribution is 0.0361. The van der Waals surface area contributed by atoms with Gasteiger partial charge in [-0.25, -0.2) is 0 Å². The molecule has 3 aliphatic heterocycles. The Morgan fingerprint density at radius 1 is 0.967 bits per heavy atom. The Hall–Kier alpha value is -2.37. The Labute approximate surface area is 178 Å². The summed E-state index contributed by atoms with van der Waals surface area (Å²) in [4.78, 5) is 18.3. The van der Waals surface area contributed by atoms with E-state index in [-0.39, 0.29) is 11.9 Å². The summed E-state index contributed by atoms with van der Waals surface area (Å²) in [5, 5.41) is 0. The smallest absolute Gasteiger partial charge is 0.254 e. The molecule has 2 aromatic rings. The number of fused-ring (bicyclic) bond motifs is 1. The van der Waals surface area contributed by atoms with E-state index in [1.807, 2.05) is 24.3 Å². The van der Waals surface area contributed by atoms with Crippen molar-refractivity contribution in [2.75, 3.05) is 40.0 Å². The second kappa shape index (κ2) is 8.40. The second-order valence-corrected chi connectivity index (χ2v) is 8.76. The van der Waals surface area contributed by atoms with E-state index >= 15 is 0 Å². The van der Waals surface area contributed by atoms with Gasteiger partial charge in [-0.3, -0.25) is 9.69 Å². The van der Waals surface area contributed by atoms with Gasteiger partial charge in [0, 0.05) is 50.4 Å². The van der Waals surface area contributed by atoms with Crippen LogP contribution in [0, 0.1) is 11.8 Å². The van der Waals surface area contributed by atoms with Gasteiger partial charge >= 0.3 is 0 Å². The molecule has 0 aromatic heterocycles. The molecular weight excluding hydrogens is 376 g/mol. The van der Waals surface area contributed by atoms with E-state index in [9.17, 15) is 4.79 Å². The zero-order chi connectivity index (χ0) is 20.5. The van der Waals surface area contributed by atoms with Crippen LogP contribution < -0.4 is 4.74 Å². The molecule has 0 spiro atoms. The minimum Gasteiger partial charge on any atom is -0.497 e. The molecule has 5 rings (SSSR count). The largest absolute Gasteiger partial charge is 0.497 e. The van der Waals surface area contributed by atoms with Crippen LogP contribution in [0.1, 0.15) is 34.8 Å². The Balaban J connectivity index is 1.40. The molecule has 0 aliphatic carbocycles. The monoisotopic (exact) mass is 406 g/mol. The molecule has 3 saturated heterocycles. The summed E-state index contributed by atoms with van der Waals surface area (Å²) in [5.74, 6) is 1.91. The molecule has 0 saturated carbocycles. The zero-order valence-electron chi connectivity index (χ0n) is 17.6. The first-order valence-corrected chi connectivity index (χ1v) is 11.1. The third-order valence-corrected chi connectivity index (χ3v) is 7.14. The van der Waals surface area contributed by atoms with Crippen molar-refractivity contribution in [1.29, 1.82) is 0 Å². The minimum absolute atomic E-state index is 0.124. The highest BCUT2D eigenvalue weighted by molar-refractivity contribution is 5.95. The highest BCUT2D eigenvalue weighted by atomic mass is 16.5. The van der Waals surface area contributed by atoms with E-state index in [0.717, 1.165) is 57.0 Å². The molecule has 158 valence electrons. The number of likely N-dealkylation sites (tertiary alicyclic amines) is 2. The van der Waals surface area contributed by atoms with E-state index in [1.54, 1.807) is 7.11 Å². The van der Waals surface area contributed by atoms with Crippen molar-refractivity contribution in [2.45, 2.75) is 24.9 Å². The van der Waals surface area contributed by atoms with E-state index in [1.165, 1.54) is 5.56 Å². The summed E-state index contributed by atoms with van der Waals surface area (Å²) in [7, 11) is 1.65. The first-order valence-electron chi connectivity index (χ1n) is 11.1. The van der Waals surface area contributed by atoms with Gasteiger partial charge in [-0.15, -0.1) is 0 Å². The zero-order valence-corrected chi connectivity index (χ0v) is 17.6. The highest BCUT2D eigenvalue weighted by Gasteiger charge is 2.50. The minimum atomic E-state index is 0.124. The van der Waals surface area contributed by atoms with Crippen LogP contribution in [-0.4, -0.2) is 61.7 Å². The van der Waals surface area contributed by atoms with Crippen LogP contribution in [0.25, 0.3) is 0 Å². The topological polar surface area (TPSA) is 42.0 Å². The normalized spacial score (nSPS) is 27.2. The molecule has 3 fully saturated rings. The lowest BCUT2D eigenvalue weighted by Crippen LogP contribution is -2.41. The molecule has 0 unspecified atom stereocenters. The molecule has 5 heteroatoms. The number of hydrogen-bond donors (Lipinski definition) is 0. The SMILES string of the molecule is COc1ccc(C(=O)N2C[C@@H]3CN(C4CCOCC4)C[C@@H]3[C@H]2c2ccccc2)cc1. The predicted octanol–water partition coefficient (Wildman–Crippen LogP) is 3.62. The first kappa shape index (κ1) is 19.6. The predicted molar refractivity (Wildman–Crippen MR) is 116 cm³/mol. The summed E-state index contributed by atoms with van der Waals surface area (Å²) >= 11 is 0. The number of rotatable bonds is 4. The summed E-state index contributed by atoms with van der Waals surface area (Å²) in [5.41, 5.74) is 1.98. The Morgan fingerprint density at radius 2 is 1.70 bits per heavy atom. The fourth-order valence-corrected chi connectivity index (χ4v) is 5.61. The number of methoxy groups -OCH3 is 1. The second-order valence-electron chi connectivity index (χ2n) is 8.76. The third-order valence-electron chi connectivity index (χ3n) is 7.14. The number of carbonyl (C=O) groups is 1. The highest BCUT2D eigenvalue weighted by Crippen LogP contribution is 2.46. The maximum Gasteiger partial charge on any atom is 0.254 e. The van der Waals surface area contributed by atoms with Crippen LogP contribution in [-0.2, 0) is 4.74 Å². The number of carbonyl (C=O) groups excluding carboxylic acids is 1. The van der Waals surface area contributed by atoms with E-state index in [2.05, 4.69) is 40.1 Å². The Morgan fingerprint density at radius 3 is 2.40 bits per heavy atom. The summed E-state index contributed by atoms with van der Waals surface area (Å²) in [6.07, 6.45) is 2.26. The van der Waals surface area contributed by atoms with Crippen LogP contribution in [0.2, 0.25) is 0 Å². The van der Waals surface area contributed by atoms with Crippen LogP contribution in [0.5, 0.6) is 5.75 Å². The van der Waals surface area contributed by atoms with Crippen LogP contribution in [0.15, 0.2) is 54.6 Å². The summed E-state index contributed by atoms with van der Waals surface area (Å²) in [6.45, 7) is 4.74. The van der Waals surface area contributed by atoms with E-state index < -0.39 is 0 Å². The number of amides is 1. The quantitative estimate of drug-likeness (QED) is 0.778. The van der Waals surface area contributed by atoms with Crippen molar-refractivity contribution in [3.63, 3.8) is 0 Å². The van der Waals surface area contributed by atoms with Crippen molar-refractivity contribution >= 4 is 5.91 Å². The van der Waals surface area contributed by atoms with Crippen molar-refractivity contribution in [3.05, 3.63) is 65.7 Å². The van der Waals surface area contributed by atoms with Crippen LogP contribution >= 0.6 is 0 Å². The molecule has 3 heterocycles. The fourth-order valence-electron chi connectivity index (χ4n) is 5.61. The van der Waals surface area contributed by atoms with Gasteiger partial charge in [-0.2, -0.15) is 0 Å². The van der Waals surface area contributed by atoms with Crippen molar-refractivity contribution in [2.24, 2.45) is 11.8 Å². The molecule has 0 radical (unpaired) electrons. The third kappa shape index (κ3) is 3.61. The van der Waals surface area contributed by atoms with Gasteiger partial charge in [0.15, 0.2) is 0 Å². The van der Waals surface area contributed by atoms with Crippen LogP contribution in [0.3, 0.4) is 0 Å². The van der Waals surface area contributed by atoms with Gasteiger partial charge in [-0.05, 0) is 48.6 Å². The first-order chi connectivity index (χ1) is 14.7. The van der Waals surface area contributed by atoms with Crippen molar-refractivity contribution < 1.29 is 14.3 Å². The average Bonchev–Trinajstić information content (AvgIpc) is 3.38. The van der Waals surface area contributed by atoms with Crippen molar-refractivity contribution in [3.8, 4) is 5.75 Å². The van der Waals surface area contributed by atoms with Gasteiger partial charge in [-0.1, -0.05) is 30.3 Å². The molecular formula is C25H30N2O3. The molecule has 0 N–H and O–H groups in total. The molecule has 1 amide bonds. The lowest BCUT2D eigenvalue weighted by atomic mass is 9.89. The Kier molecular flexibility index (Phi) is 5.48. The van der Waals surface area contributed by atoms with Gasteiger partial charge < -0.3 is 14.4 Å². The Bertz CT molecular complexity index is 864. The van der Waals surface area contributed by atoms with Crippen molar-refractivity contribution in [1.82, 2.24) is 9.80 Å². The van der Waals surface area contributed by atoms with E-state index in [0.29, 0.717) is 17.9 Å². The van der Waals surface area contributed by atoms with Gasteiger partial charge in [0.25, 0.3) is 5.91 Å². The van der Waals surface area contributed by atoms with E-state index in [4.69, 9.17) is 9.47 Å². The lowest BCUT2D eigenvalue weighted by Gasteiger charge is -2.34. The number of benzene rings is 2. The maximum atomic E-state index is 13.5. The molecule has 2 aromatic carbocycles. The fraction of sp³-hybridized carbons (Fsp3) is 0.480. The number of nitrogens with zero attached hydrogens (tertiary/aromatic N) is 2. The number of ether oxygens (including phenoxy) is 2. The van der Waals surface area contributed by atoms with Gasteiger partial charge in [0.2, 0.25) is 0 Å². The molecule has 3 aliphatic rings. The molecule has 5 nitrogen and oxygen atoms in total. The van der Waals surface area contributed by atoms with Gasteiger partial charge in [0.05, 0.1) is 13.2 Å². The van der Waals surface area contributed by atoms with Gasteiger partial charge in [0.1, 0.15) is 5.75 Å². The molecule has 3 atom stereocenters. The summed E-state index contributed by atoms with van der Waals surface area (Å²) < 4.78 is 10.8. The molecule has 0 bridgehead atoms. The molecule has 30 heavy (non-hydrogen) atoms. The maximum absolute atomic E-state index is 13.5. The summed E-state index contributed by atoms with van der Waals surface area (Å²) in [6, 6.07) is 18.8. The van der Waals surface area contributed by atoms with Crippen LogP contribution in [0.4, 0.5) is 0 Å². The number of hydrogen-bond acceptors (Lipinski definition) is 4.